The Morgan fingerprint density at radius 2 is 0.250 bits per heavy atom. The molecule has 770 valence electrons. The number of hydrogen-bond donors (Lipinski definition) is 21. The second-order valence-corrected chi connectivity index (χ2v) is 43.3. The number of ether oxygens (including phenoxy) is 14. The van der Waals surface area contributed by atoms with Crippen molar-refractivity contribution in [3.8, 4) is 0 Å². The van der Waals surface area contributed by atoms with Crippen LogP contribution in [0.25, 0.3) is 0 Å². The van der Waals surface area contributed by atoms with Crippen LogP contribution < -0.4 is 40.1 Å². The number of rotatable bonds is 35. The van der Waals surface area contributed by atoms with Gasteiger partial charge in [-0.25, -0.2) is 0 Å². The van der Waals surface area contributed by atoms with Crippen LogP contribution in [0.15, 0.2) is 170 Å². The van der Waals surface area contributed by atoms with Gasteiger partial charge in [-0.2, -0.15) is 82.3 Å². The van der Waals surface area contributed by atoms with Crippen molar-refractivity contribution in [3.63, 3.8) is 0 Å². The number of aliphatic hydroxyl groups excluding tert-OH is 14. The molecule has 35 atom stereocenters. The van der Waals surface area contributed by atoms with E-state index in [-0.39, 0.29) is 40.3 Å². The maximum absolute atomic E-state index is 12.9. The molecule has 42 heteroatoms. The van der Waals surface area contributed by atoms with E-state index in [2.05, 4.69) is 0 Å². The summed E-state index contributed by atoms with van der Waals surface area (Å²) in [5, 5.41) is 179. The first-order valence-electron chi connectivity index (χ1n) is 47.0. The van der Waals surface area contributed by atoms with Gasteiger partial charge < -0.3 is 178 Å². The van der Waals surface area contributed by atoms with E-state index < -0.39 is 215 Å². The fourth-order valence-electron chi connectivity index (χ4n) is 17.8. The van der Waals surface area contributed by atoms with Crippen LogP contribution in [0.1, 0.15) is 77.9 Å². The lowest BCUT2D eigenvalue weighted by molar-refractivity contribution is -0.389. The van der Waals surface area contributed by atoms with Gasteiger partial charge in [0.2, 0.25) is 0 Å². The molecular formula is C98H133N7O28S7. The normalized spacial score (nSPS) is 35.6. The van der Waals surface area contributed by atoms with Crippen molar-refractivity contribution in [3.05, 3.63) is 248 Å². The van der Waals surface area contributed by atoms with Gasteiger partial charge in [0.25, 0.3) is 0 Å². The molecule has 0 aromatic heterocycles. The SMILES string of the molecule is NCc1ccc(CSC[C@H]2O[C@@H]3O[C@H]4[C@H](O)[C@@H](O)[C@@H](O[C@H]5[C@H](O)[C@@H](O)[C@@H](O[C@H]6[C@H](O)[C@@H](O)[C@@H](O[C@H]7[C@H](O)[C@@H](O)C(O[C@H]8[C@H](O)[C@@H](O)[C@@H](O[C@H]9[C@H](O)[C@@H](O)C(O[C@H]2[C@H](O)[C@H]3O)O[C@@H]9CSCc2ccc(CN)cc2)O[C@@H]8CSCc2ccc(CN)cc2)O[C@@H]7CSCc2ccc(CN)cc2)O[C@@H]6CSCc2ccc(CN)cc2)O[C@@H]5CSCc2ccc(CN)cc2)O[C@@H]4CSCc2ccc(CN)cc2)cc1. The van der Waals surface area contributed by atoms with E-state index in [1.807, 2.05) is 170 Å². The Morgan fingerprint density at radius 3 is 0.350 bits per heavy atom. The van der Waals surface area contributed by atoms with Crippen molar-refractivity contribution in [1.82, 2.24) is 0 Å². The van der Waals surface area contributed by atoms with Crippen LogP contribution in [0.4, 0.5) is 0 Å². The first-order chi connectivity index (χ1) is 67.8. The lowest BCUT2D eigenvalue weighted by atomic mass is 9.95. The molecule has 0 aliphatic carbocycles. The number of hydrogen-bond acceptors (Lipinski definition) is 42. The Bertz CT molecular complexity index is 4030. The average Bonchev–Trinajstić information content (AvgIpc) is 0.778. The second kappa shape index (κ2) is 53.1. The molecule has 21 fully saturated rings. The van der Waals surface area contributed by atoms with Crippen molar-refractivity contribution in [1.29, 1.82) is 0 Å². The average molecular weight is 2080 g/mol. The van der Waals surface area contributed by atoms with Gasteiger partial charge in [0, 0.05) is 126 Å². The lowest BCUT2D eigenvalue weighted by Crippen LogP contribution is -2.68. The van der Waals surface area contributed by atoms with Crippen LogP contribution in [0.3, 0.4) is 0 Å². The molecular weight excluding hydrogens is 1950 g/mol. The number of thioether (sulfide) groups is 7. The predicted molar refractivity (Wildman–Crippen MR) is 532 cm³/mol. The fourth-order valence-corrected chi connectivity index (χ4v) is 25.1. The van der Waals surface area contributed by atoms with E-state index in [1.54, 1.807) is 0 Å². The third-order valence-corrected chi connectivity index (χ3v) is 33.9. The highest BCUT2D eigenvalue weighted by Crippen LogP contribution is 2.44. The molecule has 0 spiro atoms. The molecule has 14 bridgehead atoms. The highest BCUT2D eigenvalue weighted by molar-refractivity contribution is 7.99. The smallest absolute Gasteiger partial charge is 0.187 e. The van der Waals surface area contributed by atoms with E-state index in [0.29, 0.717) is 86.1 Å². The summed E-state index contributed by atoms with van der Waals surface area (Å²) in [5.41, 5.74) is 54.2. The zero-order valence-corrected chi connectivity index (χ0v) is 82.8. The maximum atomic E-state index is 12.9. The zero-order chi connectivity index (χ0) is 98.8. The first-order valence-corrected chi connectivity index (χ1v) is 55.1. The molecule has 140 heavy (non-hydrogen) atoms. The fraction of sp³-hybridized carbons (Fsp3) is 0.571. The summed E-state index contributed by atoms with van der Waals surface area (Å²) in [6.45, 7) is 2.04. The Hall–Kier alpha value is -4.41. The van der Waals surface area contributed by atoms with Gasteiger partial charge in [-0.15, -0.1) is 0 Å². The predicted octanol–water partition coefficient (Wildman–Crippen LogP) is 1.57. The van der Waals surface area contributed by atoms with E-state index >= 15 is 0 Å². The molecule has 21 saturated heterocycles. The molecule has 21 heterocycles. The highest BCUT2D eigenvalue weighted by atomic mass is 32.2. The molecule has 0 amide bonds. The Morgan fingerprint density at radius 1 is 0.150 bits per heavy atom. The summed E-state index contributed by atoms with van der Waals surface area (Å²) < 4.78 is 94.5. The van der Waals surface area contributed by atoms with Crippen LogP contribution in [0, 0.1) is 0 Å². The van der Waals surface area contributed by atoms with Gasteiger partial charge in [0.05, 0.1) is 42.7 Å². The summed E-state index contributed by atoms with van der Waals surface area (Å²) in [4.78, 5) is 0. The monoisotopic (exact) mass is 2080 g/mol. The number of aliphatic hydroxyl groups is 14. The van der Waals surface area contributed by atoms with Crippen LogP contribution >= 0.6 is 82.3 Å². The minimum absolute atomic E-state index is 0.0421. The van der Waals surface area contributed by atoms with Crippen molar-refractivity contribution in [2.45, 2.75) is 301 Å². The van der Waals surface area contributed by atoms with E-state index in [1.165, 1.54) is 82.3 Å². The second-order valence-electron chi connectivity index (χ2n) is 36.1. The zero-order valence-electron chi connectivity index (χ0n) is 77.1. The third kappa shape index (κ3) is 28.0. The Kier molecular flexibility index (Phi) is 41.7. The molecule has 7 aromatic rings. The Labute approximate surface area is 843 Å². The van der Waals surface area contributed by atoms with Crippen molar-refractivity contribution in [2.75, 3.05) is 40.3 Å². The van der Waals surface area contributed by atoms with E-state index in [0.717, 1.165) is 77.9 Å². The van der Waals surface area contributed by atoms with Gasteiger partial charge in [-0.1, -0.05) is 170 Å². The largest absolute Gasteiger partial charge is 0.387 e. The van der Waals surface area contributed by atoms with Gasteiger partial charge in [-0.3, -0.25) is 0 Å². The standard InChI is InChI=1S/C98H133N7O28S7/c99-29-50-1-15-57(16-2-50)36-134-43-64-85-71(106)78(113)92(120-64)128-86-65(44-135-37-58-17-3-51(30-100)4-18-58)122-94(80(115)73(86)108)130-88-67(46-137-39-60-21-7-53(32-102)8-22-60)124-96(82(117)75(88)110)132-90-69(48-139-41-62-25-11-55(34-104)12-26-62)126-98(84(119)77(90)112)133-91-70(49-140-42-63-27-13-56(35-105)14-28-63)125-97(83(118)76(91)111)131-89-68(47-138-40-61-23-9-54(33-103)10-24-61)123-95(81(116)74(89)109)129-87-66(121-93(127-85)79(114)72(87)107)45-136-38-59-19-5-52(31-101)6-20-59/h1-28,64-98,106-119H,29-49,99-105H2/t64-,65-,66-,67-,68-,69-,70-,71-,72-,73-,74-,75-,76-,77-,78-,79-,80-,81-,82-,83-,84-,85-,86-,87-,88-,89-,90-,91-,92-,93-,94-,95-,96?,97?,98-/m1/s1. The van der Waals surface area contributed by atoms with Crippen LogP contribution in [0.5, 0.6) is 0 Å². The Balaban J connectivity index is 0.804. The lowest BCUT2D eigenvalue weighted by Gasteiger charge is -2.50. The molecule has 0 radical (unpaired) electrons. The topological polar surface area (TPSA) is 595 Å². The van der Waals surface area contributed by atoms with Crippen molar-refractivity contribution >= 4 is 82.3 Å². The van der Waals surface area contributed by atoms with E-state index in [9.17, 15) is 71.5 Å². The van der Waals surface area contributed by atoms with Crippen molar-refractivity contribution < 1.29 is 138 Å². The van der Waals surface area contributed by atoms with Crippen LogP contribution in [-0.4, -0.2) is 327 Å². The van der Waals surface area contributed by atoms with E-state index in [4.69, 9.17) is 106 Å². The third-order valence-electron chi connectivity index (χ3n) is 26.2. The molecule has 28 N–H and O–H groups in total. The molecule has 28 rings (SSSR count). The minimum Gasteiger partial charge on any atom is -0.387 e. The van der Waals surface area contributed by atoms with Gasteiger partial charge in [0.15, 0.2) is 44.0 Å². The van der Waals surface area contributed by atoms with Crippen LogP contribution in [0.2, 0.25) is 0 Å². The maximum Gasteiger partial charge on any atom is 0.187 e. The number of nitrogens with two attached hydrogens (primary N) is 7. The van der Waals surface area contributed by atoms with Gasteiger partial charge in [0.1, 0.15) is 128 Å². The molecule has 7 aromatic carbocycles. The van der Waals surface area contributed by atoms with Crippen LogP contribution in [-0.2, 0) is 152 Å². The molecule has 21 aliphatic rings. The molecule has 2 unspecified atom stereocenters. The first kappa shape index (κ1) is 110. The summed E-state index contributed by atoms with van der Waals surface area (Å²) in [5.74, 6) is 2.12. The van der Waals surface area contributed by atoms with Gasteiger partial charge >= 0.3 is 0 Å². The molecule has 35 nitrogen and oxygen atoms in total. The molecule has 21 aliphatic heterocycles. The number of benzene rings is 7. The highest BCUT2D eigenvalue weighted by Gasteiger charge is 2.60. The summed E-state index contributed by atoms with van der Waals surface area (Å²) in [6.07, 6.45) is -62.6. The quantitative estimate of drug-likeness (QED) is 0.0268. The summed E-state index contributed by atoms with van der Waals surface area (Å²) >= 11 is 9.31. The molecule has 0 saturated carbocycles. The summed E-state index contributed by atoms with van der Waals surface area (Å²) in [7, 11) is 0. The van der Waals surface area contributed by atoms with Crippen molar-refractivity contribution in [2.24, 2.45) is 40.1 Å². The van der Waals surface area contributed by atoms with Gasteiger partial charge in [-0.05, 0) is 77.9 Å². The summed E-state index contributed by atoms with van der Waals surface area (Å²) in [6, 6.07) is 53.0. The minimum atomic E-state index is -2.09.